The van der Waals surface area contributed by atoms with Gasteiger partial charge in [-0.3, -0.25) is 4.72 Å². The zero-order valence-electron chi connectivity index (χ0n) is 10.2. The van der Waals surface area contributed by atoms with E-state index in [1.807, 2.05) is 0 Å². The lowest BCUT2D eigenvalue weighted by Gasteiger charge is -2.09. The number of rotatable bonds is 4. The second kappa shape index (κ2) is 5.14. The quantitative estimate of drug-likeness (QED) is 0.891. The topological polar surface area (TPSA) is 101 Å². The number of hydrogen-bond acceptors (Lipinski definition) is 4. The van der Waals surface area contributed by atoms with Gasteiger partial charge in [0, 0.05) is 18.3 Å². The first kappa shape index (κ1) is 14.4. The summed E-state index contributed by atoms with van der Waals surface area (Å²) in [5.41, 5.74) is -0.315. The van der Waals surface area contributed by atoms with Gasteiger partial charge < -0.3 is 9.67 Å². The number of halogens is 1. The van der Waals surface area contributed by atoms with Gasteiger partial charge in [-0.15, -0.1) is 0 Å². The molecule has 0 unspecified atom stereocenters. The van der Waals surface area contributed by atoms with E-state index in [-0.39, 0.29) is 21.3 Å². The molecule has 0 aliphatic heterocycles. The molecule has 1 heterocycles. The number of nitrogens with one attached hydrogen (secondary N) is 1. The maximum absolute atomic E-state index is 12.1. The second-order valence-electron chi connectivity index (χ2n) is 3.98. The number of nitrogens with zero attached hydrogens (tertiary/aromatic N) is 2. The summed E-state index contributed by atoms with van der Waals surface area (Å²) in [5, 5.41) is 9.04. The minimum atomic E-state index is -3.97. The first-order valence-electron chi connectivity index (χ1n) is 5.33. The molecule has 0 saturated heterocycles. The third kappa shape index (κ3) is 2.91. The number of imidazole rings is 1. The van der Waals surface area contributed by atoms with Gasteiger partial charge >= 0.3 is 5.97 Å². The van der Waals surface area contributed by atoms with Crippen LogP contribution in [0.2, 0.25) is 5.02 Å². The number of aromatic nitrogens is 2. The molecule has 0 radical (unpaired) electrons. The molecule has 2 rings (SSSR count). The van der Waals surface area contributed by atoms with E-state index in [4.69, 9.17) is 16.7 Å². The van der Waals surface area contributed by atoms with Crippen molar-refractivity contribution in [3.63, 3.8) is 0 Å². The number of benzene rings is 1. The lowest BCUT2D eigenvalue weighted by atomic mass is 10.2. The van der Waals surface area contributed by atoms with Gasteiger partial charge in [-0.25, -0.2) is 9.78 Å². The molecule has 1 aromatic carbocycles. The average Bonchev–Trinajstić information content (AvgIpc) is 2.75. The molecule has 2 N–H and O–H groups in total. The highest BCUT2D eigenvalue weighted by atomic mass is 35.5. The van der Waals surface area contributed by atoms with Crippen molar-refractivity contribution in [2.24, 2.45) is 7.05 Å². The Labute approximate surface area is 119 Å². The highest BCUT2D eigenvalue weighted by Gasteiger charge is 2.20. The summed E-state index contributed by atoms with van der Waals surface area (Å²) in [4.78, 5) is 14.8. The first-order valence-corrected chi connectivity index (χ1v) is 7.19. The van der Waals surface area contributed by atoms with Gasteiger partial charge in [0.2, 0.25) is 0 Å². The van der Waals surface area contributed by atoms with Crippen molar-refractivity contribution in [1.82, 2.24) is 9.55 Å². The Morgan fingerprint density at radius 2 is 2.15 bits per heavy atom. The second-order valence-corrected chi connectivity index (χ2v) is 6.04. The largest absolute Gasteiger partial charge is 0.478 e. The molecule has 106 valence electrons. The van der Waals surface area contributed by atoms with Crippen LogP contribution in [0.4, 0.5) is 5.69 Å². The Morgan fingerprint density at radius 3 is 2.70 bits per heavy atom. The molecule has 0 spiro atoms. The normalized spacial score (nSPS) is 11.3. The fourth-order valence-corrected chi connectivity index (χ4v) is 2.74. The van der Waals surface area contributed by atoms with Crippen LogP contribution in [0.5, 0.6) is 0 Å². The van der Waals surface area contributed by atoms with Gasteiger partial charge in [-0.05, 0) is 18.2 Å². The summed E-state index contributed by atoms with van der Waals surface area (Å²) in [6.07, 6.45) is 2.62. The number of carboxylic acids is 1. The molecule has 9 heteroatoms. The van der Waals surface area contributed by atoms with E-state index in [2.05, 4.69) is 9.71 Å². The third-order valence-electron chi connectivity index (χ3n) is 2.41. The molecule has 0 fully saturated rings. The Hall–Kier alpha value is -2.06. The van der Waals surface area contributed by atoms with Crippen LogP contribution in [-0.4, -0.2) is 29.0 Å². The summed E-state index contributed by atoms with van der Waals surface area (Å²) in [5.74, 6) is -1.26. The van der Waals surface area contributed by atoms with Crippen LogP contribution in [0.25, 0.3) is 0 Å². The summed E-state index contributed by atoms with van der Waals surface area (Å²) in [7, 11) is -2.35. The predicted octanol–water partition coefficient (Wildman–Crippen LogP) is 1.57. The third-order valence-corrected chi connectivity index (χ3v) is 3.90. The lowest BCUT2D eigenvalue weighted by molar-refractivity contribution is 0.0698. The average molecular weight is 316 g/mol. The standard InChI is InChI=1S/C11H10ClN3O4S/c1-15-5-10(13-6-15)20(18,19)14-9-4-7(12)2-3-8(9)11(16)17/h2-6,14H,1H3,(H,16,17). The zero-order valence-corrected chi connectivity index (χ0v) is 11.8. The number of aromatic carboxylic acids is 1. The maximum Gasteiger partial charge on any atom is 0.337 e. The summed E-state index contributed by atoms with van der Waals surface area (Å²) < 4.78 is 27.8. The van der Waals surface area contributed by atoms with Crippen LogP contribution in [0, 0.1) is 0 Å². The van der Waals surface area contributed by atoms with Crippen LogP contribution in [-0.2, 0) is 17.1 Å². The van der Waals surface area contributed by atoms with Crippen LogP contribution < -0.4 is 4.72 Å². The number of anilines is 1. The highest BCUT2D eigenvalue weighted by Crippen LogP contribution is 2.23. The van der Waals surface area contributed by atoms with E-state index >= 15 is 0 Å². The lowest BCUT2D eigenvalue weighted by Crippen LogP contribution is -2.16. The summed E-state index contributed by atoms with van der Waals surface area (Å²) >= 11 is 5.75. The number of carboxylic acid groups (broad SMARTS) is 1. The predicted molar refractivity (Wildman–Crippen MR) is 72.4 cm³/mol. The van der Waals surface area contributed by atoms with E-state index in [9.17, 15) is 13.2 Å². The highest BCUT2D eigenvalue weighted by molar-refractivity contribution is 7.92. The molecule has 7 nitrogen and oxygen atoms in total. The molecule has 0 aliphatic rings. The van der Waals surface area contributed by atoms with Crippen molar-refractivity contribution < 1.29 is 18.3 Å². The molecular formula is C11H10ClN3O4S. The van der Waals surface area contributed by atoms with Gasteiger partial charge in [0.15, 0.2) is 5.03 Å². The molecule has 1 aromatic heterocycles. The van der Waals surface area contributed by atoms with E-state index < -0.39 is 16.0 Å². The summed E-state index contributed by atoms with van der Waals surface area (Å²) in [6, 6.07) is 3.82. The van der Waals surface area contributed by atoms with E-state index in [1.165, 1.54) is 35.3 Å². The smallest absolute Gasteiger partial charge is 0.337 e. The van der Waals surface area contributed by atoms with Crippen molar-refractivity contribution in [3.8, 4) is 0 Å². The number of carbonyl (C=O) groups is 1. The molecule has 0 amide bonds. The number of sulfonamides is 1. The minimum Gasteiger partial charge on any atom is -0.478 e. The van der Waals surface area contributed by atoms with Crippen LogP contribution >= 0.6 is 11.6 Å². The van der Waals surface area contributed by atoms with Gasteiger partial charge in [-0.1, -0.05) is 11.6 Å². The van der Waals surface area contributed by atoms with E-state index in [1.54, 1.807) is 7.05 Å². The minimum absolute atomic E-state index is 0.115. The zero-order chi connectivity index (χ0) is 14.9. The van der Waals surface area contributed by atoms with Crippen molar-refractivity contribution in [1.29, 1.82) is 0 Å². The van der Waals surface area contributed by atoms with Crippen molar-refractivity contribution >= 4 is 33.3 Å². The molecule has 2 aromatic rings. The Bertz CT molecular complexity index is 770. The van der Waals surface area contributed by atoms with Crippen molar-refractivity contribution in [3.05, 3.63) is 41.3 Å². The monoisotopic (exact) mass is 315 g/mol. The Kier molecular flexibility index (Phi) is 3.69. The van der Waals surface area contributed by atoms with Gasteiger partial charge in [0.25, 0.3) is 10.0 Å². The Morgan fingerprint density at radius 1 is 1.45 bits per heavy atom. The fourth-order valence-electron chi connectivity index (χ4n) is 1.51. The summed E-state index contributed by atoms with van der Waals surface area (Å²) in [6.45, 7) is 0. The van der Waals surface area contributed by atoms with Crippen LogP contribution in [0.1, 0.15) is 10.4 Å². The molecular weight excluding hydrogens is 306 g/mol. The number of aryl methyl sites for hydroxylation is 1. The number of hydrogen-bond donors (Lipinski definition) is 2. The SMILES string of the molecule is Cn1cnc(S(=O)(=O)Nc2cc(Cl)ccc2C(=O)O)c1. The van der Waals surface area contributed by atoms with Gasteiger partial charge in [0.05, 0.1) is 17.6 Å². The molecule has 0 saturated carbocycles. The van der Waals surface area contributed by atoms with Crippen LogP contribution in [0.15, 0.2) is 35.7 Å². The Balaban J connectivity index is 2.44. The maximum atomic E-state index is 12.1. The van der Waals surface area contributed by atoms with E-state index in [0.717, 1.165) is 0 Å². The van der Waals surface area contributed by atoms with Gasteiger partial charge in [0.1, 0.15) is 0 Å². The van der Waals surface area contributed by atoms with Crippen molar-refractivity contribution in [2.45, 2.75) is 5.03 Å². The molecule has 0 atom stereocenters. The molecule has 20 heavy (non-hydrogen) atoms. The molecule has 0 bridgehead atoms. The fraction of sp³-hybridized carbons (Fsp3) is 0.0909. The van der Waals surface area contributed by atoms with Crippen LogP contribution in [0.3, 0.4) is 0 Å². The van der Waals surface area contributed by atoms with Gasteiger partial charge in [-0.2, -0.15) is 8.42 Å². The van der Waals surface area contributed by atoms with E-state index in [0.29, 0.717) is 0 Å². The molecule has 0 aliphatic carbocycles. The van der Waals surface area contributed by atoms with Crippen molar-refractivity contribution in [2.75, 3.05) is 4.72 Å². The first-order chi connectivity index (χ1) is 9.29.